The number of ether oxygens (including phenoxy) is 1. The van der Waals surface area contributed by atoms with E-state index < -0.39 is 0 Å². The van der Waals surface area contributed by atoms with E-state index in [1.807, 2.05) is 37.4 Å². The van der Waals surface area contributed by atoms with Crippen LogP contribution in [0.2, 0.25) is 0 Å². The second-order valence-electron chi connectivity index (χ2n) is 3.74. The number of hydrogen-bond donors (Lipinski definition) is 1. The van der Waals surface area contributed by atoms with Crippen molar-refractivity contribution in [3.63, 3.8) is 0 Å². The van der Waals surface area contributed by atoms with Crippen molar-refractivity contribution in [1.82, 2.24) is 9.97 Å². The minimum absolute atomic E-state index is 0.349. The Morgan fingerprint density at radius 3 is 2.56 bits per heavy atom. The maximum atomic E-state index is 5.59. The van der Waals surface area contributed by atoms with Gasteiger partial charge < -0.3 is 10.5 Å². The van der Waals surface area contributed by atoms with Crippen molar-refractivity contribution in [2.45, 2.75) is 18.4 Å². The number of rotatable bonds is 4. The van der Waals surface area contributed by atoms with Gasteiger partial charge in [-0.25, -0.2) is 4.98 Å². The molecule has 1 aromatic heterocycles. The molecular formula is C13H15N3OS. The summed E-state index contributed by atoms with van der Waals surface area (Å²) < 4.78 is 5.59. The summed E-state index contributed by atoms with van der Waals surface area (Å²) in [5.41, 5.74) is 7.34. The maximum Gasteiger partial charge on any atom is 0.322 e. The van der Waals surface area contributed by atoms with Gasteiger partial charge in [-0.15, -0.1) is 11.8 Å². The van der Waals surface area contributed by atoms with E-state index in [1.165, 1.54) is 4.90 Å². The summed E-state index contributed by atoms with van der Waals surface area (Å²) in [6.07, 6.45) is 3.74. The molecule has 1 heterocycles. The molecule has 0 saturated heterocycles. The topological polar surface area (TPSA) is 61.0 Å². The van der Waals surface area contributed by atoms with Gasteiger partial charge in [0.1, 0.15) is 5.75 Å². The van der Waals surface area contributed by atoms with E-state index in [0.29, 0.717) is 12.6 Å². The van der Waals surface area contributed by atoms with Crippen LogP contribution in [-0.2, 0) is 6.54 Å². The normalized spacial score (nSPS) is 10.4. The first kappa shape index (κ1) is 12.9. The summed E-state index contributed by atoms with van der Waals surface area (Å²) >= 11 is 1.69. The van der Waals surface area contributed by atoms with Crippen molar-refractivity contribution in [3.05, 3.63) is 41.7 Å². The fraction of sp³-hybridized carbons (Fsp3) is 0.231. The Morgan fingerprint density at radius 2 is 2.00 bits per heavy atom. The molecule has 0 amide bonds. The summed E-state index contributed by atoms with van der Waals surface area (Å²) in [4.78, 5) is 9.59. The summed E-state index contributed by atoms with van der Waals surface area (Å²) in [6.45, 7) is 2.34. The Kier molecular flexibility index (Phi) is 4.17. The van der Waals surface area contributed by atoms with Gasteiger partial charge in [0.05, 0.1) is 0 Å². The fourth-order valence-electron chi connectivity index (χ4n) is 1.47. The van der Waals surface area contributed by atoms with Crippen LogP contribution in [0.25, 0.3) is 0 Å². The molecule has 0 aliphatic carbocycles. The highest BCUT2D eigenvalue weighted by molar-refractivity contribution is 7.98. The summed E-state index contributed by atoms with van der Waals surface area (Å²) in [7, 11) is 0. The minimum Gasteiger partial charge on any atom is -0.424 e. The van der Waals surface area contributed by atoms with Crippen LogP contribution in [0.15, 0.2) is 35.4 Å². The zero-order valence-electron chi connectivity index (χ0n) is 10.4. The van der Waals surface area contributed by atoms with Crippen LogP contribution < -0.4 is 10.5 Å². The molecule has 0 saturated carbocycles. The van der Waals surface area contributed by atoms with Crippen molar-refractivity contribution in [2.24, 2.45) is 5.73 Å². The molecule has 2 N–H and O–H groups in total. The third-order valence-corrected chi connectivity index (χ3v) is 3.29. The molecule has 0 fully saturated rings. The summed E-state index contributed by atoms with van der Waals surface area (Å²) in [6, 6.07) is 8.16. The Balaban J connectivity index is 2.15. The molecule has 0 spiro atoms. The van der Waals surface area contributed by atoms with Gasteiger partial charge in [-0.05, 0) is 37.4 Å². The monoisotopic (exact) mass is 261 g/mol. The molecule has 0 aliphatic rings. The fourth-order valence-corrected chi connectivity index (χ4v) is 1.88. The second-order valence-corrected chi connectivity index (χ2v) is 4.62. The Hall–Kier alpha value is -1.59. The number of benzene rings is 1. The van der Waals surface area contributed by atoms with Crippen LogP contribution >= 0.6 is 11.8 Å². The molecule has 5 heteroatoms. The van der Waals surface area contributed by atoms with Crippen molar-refractivity contribution >= 4 is 11.8 Å². The molecule has 0 unspecified atom stereocenters. The molecule has 18 heavy (non-hydrogen) atoms. The van der Waals surface area contributed by atoms with Gasteiger partial charge in [0.15, 0.2) is 0 Å². The molecular weight excluding hydrogens is 246 g/mol. The lowest BCUT2D eigenvalue weighted by atomic mass is 10.2. The van der Waals surface area contributed by atoms with Crippen molar-refractivity contribution in [3.8, 4) is 11.8 Å². The first-order valence-corrected chi connectivity index (χ1v) is 6.80. The summed E-state index contributed by atoms with van der Waals surface area (Å²) in [5, 5.41) is 0. The average molecular weight is 261 g/mol. The van der Waals surface area contributed by atoms with Crippen molar-refractivity contribution < 1.29 is 4.74 Å². The number of nitrogens with two attached hydrogens (primary N) is 1. The van der Waals surface area contributed by atoms with E-state index in [1.54, 1.807) is 18.0 Å². The molecule has 0 aliphatic heterocycles. The number of nitrogens with zero attached hydrogens (tertiary/aromatic N) is 2. The summed E-state index contributed by atoms with van der Waals surface area (Å²) in [5.74, 6) is 0.729. The van der Waals surface area contributed by atoms with Crippen LogP contribution in [0, 0.1) is 6.92 Å². The molecule has 0 radical (unpaired) electrons. The van der Waals surface area contributed by atoms with Crippen LogP contribution in [0.3, 0.4) is 0 Å². The lowest BCUT2D eigenvalue weighted by molar-refractivity contribution is 0.439. The molecule has 94 valence electrons. The van der Waals surface area contributed by atoms with Gasteiger partial charge in [0.25, 0.3) is 0 Å². The maximum absolute atomic E-state index is 5.59. The average Bonchev–Trinajstić information content (AvgIpc) is 2.40. The van der Waals surface area contributed by atoms with Gasteiger partial charge in [-0.3, -0.25) is 0 Å². The molecule has 0 bridgehead atoms. The highest BCUT2D eigenvalue weighted by Crippen LogP contribution is 2.22. The highest BCUT2D eigenvalue weighted by Gasteiger charge is 2.04. The second kappa shape index (κ2) is 5.84. The number of thioether (sulfide) groups is 1. The zero-order valence-corrected chi connectivity index (χ0v) is 11.2. The van der Waals surface area contributed by atoms with E-state index in [0.717, 1.165) is 17.0 Å². The lowest BCUT2D eigenvalue weighted by Gasteiger charge is -2.06. The van der Waals surface area contributed by atoms with Crippen LogP contribution in [0.5, 0.6) is 11.8 Å². The quantitative estimate of drug-likeness (QED) is 0.857. The van der Waals surface area contributed by atoms with Gasteiger partial charge in [0.2, 0.25) is 0 Å². The van der Waals surface area contributed by atoms with Gasteiger partial charge in [-0.2, -0.15) is 4.98 Å². The van der Waals surface area contributed by atoms with Crippen LogP contribution in [0.4, 0.5) is 0 Å². The van der Waals surface area contributed by atoms with E-state index in [9.17, 15) is 0 Å². The van der Waals surface area contributed by atoms with E-state index in [-0.39, 0.29) is 0 Å². The standard InChI is InChI=1S/C13H15N3OS/c1-9-10(7-14)8-15-13(16-9)17-11-3-5-12(18-2)6-4-11/h3-6,8H,7,14H2,1-2H3. The van der Waals surface area contributed by atoms with Gasteiger partial charge >= 0.3 is 6.01 Å². The minimum atomic E-state index is 0.349. The molecule has 1 aromatic carbocycles. The third kappa shape index (κ3) is 3.00. The van der Waals surface area contributed by atoms with Crippen LogP contribution in [-0.4, -0.2) is 16.2 Å². The Morgan fingerprint density at radius 1 is 1.28 bits per heavy atom. The Bertz CT molecular complexity index is 528. The number of aromatic nitrogens is 2. The molecule has 0 atom stereocenters. The predicted molar refractivity (Wildman–Crippen MR) is 73.0 cm³/mol. The van der Waals surface area contributed by atoms with E-state index in [4.69, 9.17) is 10.5 Å². The van der Waals surface area contributed by atoms with E-state index >= 15 is 0 Å². The van der Waals surface area contributed by atoms with Gasteiger partial charge in [-0.1, -0.05) is 0 Å². The SMILES string of the molecule is CSc1ccc(Oc2ncc(CN)c(C)n2)cc1. The van der Waals surface area contributed by atoms with Crippen LogP contribution in [0.1, 0.15) is 11.3 Å². The molecule has 2 rings (SSSR count). The Labute approximate surface area is 111 Å². The lowest BCUT2D eigenvalue weighted by Crippen LogP contribution is -2.03. The van der Waals surface area contributed by atoms with Crippen molar-refractivity contribution in [2.75, 3.05) is 6.26 Å². The predicted octanol–water partition coefficient (Wildman–Crippen LogP) is 2.76. The number of hydrogen-bond acceptors (Lipinski definition) is 5. The number of aryl methyl sites for hydroxylation is 1. The van der Waals surface area contributed by atoms with Crippen molar-refractivity contribution in [1.29, 1.82) is 0 Å². The van der Waals surface area contributed by atoms with Gasteiger partial charge in [0, 0.05) is 28.9 Å². The zero-order chi connectivity index (χ0) is 13.0. The largest absolute Gasteiger partial charge is 0.424 e. The molecule has 4 nitrogen and oxygen atoms in total. The van der Waals surface area contributed by atoms with E-state index in [2.05, 4.69) is 9.97 Å². The first-order valence-electron chi connectivity index (χ1n) is 5.57. The first-order chi connectivity index (χ1) is 8.72. The highest BCUT2D eigenvalue weighted by atomic mass is 32.2. The third-order valence-electron chi connectivity index (χ3n) is 2.55. The molecule has 2 aromatic rings. The smallest absolute Gasteiger partial charge is 0.322 e.